The molecule has 8 unspecified atom stereocenters. The summed E-state index contributed by atoms with van der Waals surface area (Å²) in [5.74, 6) is 3.03. The molecule has 0 aromatic rings. The monoisotopic (exact) mass is 444 g/mol. The number of carbonyl (C=O) groups excluding carboxylic acids is 2. The van der Waals surface area contributed by atoms with Gasteiger partial charge in [0, 0.05) is 50.1 Å². The van der Waals surface area contributed by atoms with E-state index in [9.17, 15) is 14.7 Å². The fraction of sp³-hybridized carbons (Fsp3) is 0.840. The lowest BCUT2D eigenvalue weighted by Crippen LogP contribution is -2.58. The standard InChI is InChI=1S/C25H36N2O3S/c1-24-9-8-16(28)12-15(24)4-5-17-18-6-7-19(25(18,2)13-20(29)22(17)24)21(30)14-31-23-26-10-3-11-27-23/h10,15,17-19,21-22,30H,3-9,11-14H2,1-2H3. The minimum atomic E-state index is -0.427. The van der Waals surface area contributed by atoms with Gasteiger partial charge in [0.05, 0.1) is 6.10 Å². The third kappa shape index (κ3) is 3.56. The summed E-state index contributed by atoms with van der Waals surface area (Å²) < 4.78 is 0. The molecule has 0 aromatic carbocycles. The molecule has 0 radical (unpaired) electrons. The minimum absolute atomic E-state index is 0.00107. The number of amidine groups is 1. The Labute approximate surface area is 189 Å². The van der Waals surface area contributed by atoms with Gasteiger partial charge in [0.15, 0.2) is 5.17 Å². The fourth-order valence-electron chi connectivity index (χ4n) is 8.29. The minimum Gasteiger partial charge on any atom is -0.392 e. The molecule has 0 saturated heterocycles. The molecule has 4 saturated carbocycles. The number of rotatable bonds is 3. The Morgan fingerprint density at radius 3 is 2.81 bits per heavy atom. The number of carbonyl (C=O) groups is 2. The van der Waals surface area contributed by atoms with Gasteiger partial charge in [-0.15, -0.1) is 0 Å². The summed E-state index contributed by atoms with van der Waals surface area (Å²) in [5, 5.41) is 11.9. The summed E-state index contributed by atoms with van der Waals surface area (Å²) >= 11 is 1.55. The van der Waals surface area contributed by atoms with Crippen LogP contribution in [0.4, 0.5) is 0 Å². The maximum absolute atomic E-state index is 13.7. The number of fused-ring (bicyclic) bond motifs is 5. The van der Waals surface area contributed by atoms with Crippen LogP contribution in [0.5, 0.6) is 0 Å². The molecule has 1 heterocycles. The first-order valence-electron chi connectivity index (χ1n) is 12.2. The van der Waals surface area contributed by atoms with Crippen LogP contribution in [0.25, 0.3) is 0 Å². The van der Waals surface area contributed by atoms with Crippen molar-refractivity contribution in [2.75, 3.05) is 12.3 Å². The molecule has 170 valence electrons. The van der Waals surface area contributed by atoms with E-state index < -0.39 is 6.10 Å². The van der Waals surface area contributed by atoms with Gasteiger partial charge in [-0.25, -0.2) is 4.99 Å². The number of hydrogen-bond donors (Lipinski definition) is 1. The topological polar surface area (TPSA) is 79.1 Å². The van der Waals surface area contributed by atoms with Crippen molar-refractivity contribution in [2.24, 2.45) is 50.4 Å². The normalized spacial score (nSPS) is 45.5. The van der Waals surface area contributed by atoms with Crippen molar-refractivity contribution in [1.82, 2.24) is 0 Å². The molecule has 1 aliphatic heterocycles. The van der Waals surface area contributed by atoms with Gasteiger partial charge in [-0.05, 0) is 66.6 Å². The number of thioether (sulfide) groups is 1. The molecule has 0 bridgehead atoms. The Bertz CT molecular complexity index is 826. The van der Waals surface area contributed by atoms with E-state index in [1.807, 2.05) is 6.21 Å². The van der Waals surface area contributed by atoms with Crippen LogP contribution in [0, 0.1) is 40.4 Å². The summed E-state index contributed by atoms with van der Waals surface area (Å²) in [4.78, 5) is 34.6. The van der Waals surface area contributed by atoms with Gasteiger partial charge in [0.1, 0.15) is 11.6 Å². The van der Waals surface area contributed by atoms with Crippen LogP contribution in [-0.4, -0.2) is 46.5 Å². The summed E-state index contributed by atoms with van der Waals surface area (Å²) in [6, 6.07) is 0. The largest absolute Gasteiger partial charge is 0.392 e. The molecule has 5 aliphatic rings. The summed E-state index contributed by atoms with van der Waals surface area (Å²) in [7, 11) is 0. The second kappa shape index (κ2) is 8.09. The van der Waals surface area contributed by atoms with Gasteiger partial charge in [0.2, 0.25) is 0 Å². The third-order valence-corrected chi connectivity index (χ3v) is 10.8. The Morgan fingerprint density at radius 2 is 2.03 bits per heavy atom. The first kappa shape index (κ1) is 21.8. The van der Waals surface area contributed by atoms with Crippen LogP contribution in [0.3, 0.4) is 0 Å². The fourth-order valence-corrected chi connectivity index (χ4v) is 9.17. The molecule has 5 nitrogen and oxygen atoms in total. The van der Waals surface area contributed by atoms with E-state index in [1.165, 1.54) is 0 Å². The maximum atomic E-state index is 13.7. The number of Topliss-reactive ketones (excluding diaryl/α,β-unsaturated/α-hetero) is 2. The van der Waals surface area contributed by atoms with Crippen LogP contribution in [0.15, 0.2) is 9.98 Å². The van der Waals surface area contributed by atoms with Gasteiger partial charge >= 0.3 is 0 Å². The molecule has 6 heteroatoms. The second-order valence-corrected chi connectivity index (χ2v) is 12.2. The lowest BCUT2D eigenvalue weighted by molar-refractivity contribution is -0.162. The van der Waals surface area contributed by atoms with E-state index in [2.05, 4.69) is 23.8 Å². The van der Waals surface area contributed by atoms with Crippen molar-refractivity contribution >= 4 is 34.7 Å². The Kier molecular flexibility index (Phi) is 5.69. The highest BCUT2D eigenvalue weighted by Gasteiger charge is 2.63. The van der Waals surface area contributed by atoms with Crippen LogP contribution >= 0.6 is 11.8 Å². The SMILES string of the molecule is CC12CC(=O)C3C(CCC4CC(=O)CCC43C)C1CCC2C(O)CSC1=NCCC=N1. The summed E-state index contributed by atoms with van der Waals surface area (Å²) in [6.07, 6.45) is 9.48. The molecule has 4 fully saturated rings. The third-order valence-electron chi connectivity index (χ3n) is 9.79. The number of nitrogens with zero attached hydrogens (tertiary/aromatic N) is 2. The Balaban J connectivity index is 1.33. The van der Waals surface area contributed by atoms with E-state index in [1.54, 1.807) is 11.8 Å². The zero-order valence-corrected chi connectivity index (χ0v) is 19.7. The van der Waals surface area contributed by atoms with Crippen molar-refractivity contribution in [2.45, 2.75) is 77.7 Å². The smallest absolute Gasteiger partial charge is 0.182 e. The predicted octanol–water partition coefficient (Wildman–Crippen LogP) is 4.32. The molecule has 0 aromatic heterocycles. The molecule has 31 heavy (non-hydrogen) atoms. The van der Waals surface area contributed by atoms with Crippen molar-refractivity contribution < 1.29 is 14.7 Å². The van der Waals surface area contributed by atoms with E-state index in [0.29, 0.717) is 54.3 Å². The Morgan fingerprint density at radius 1 is 1.19 bits per heavy atom. The van der Waals surface area contributed by atoms with Gasteiger partial charge in [-0.2, -0.15) is 0 Å². The summed E-state index contributed by atoms with van der Waals surface area (Å²) in [6.45, 7) is 5.38. The van der Waals surface area contributed by atoms with Crippen LogP contribution in [0.2, 0.25) is 0 Å². The van der Waals surface area contributed by atoms with E-state index in [4.69, 9.17) is 0 Å². The van der Waals surface area contributed by atoms with Crippen LogP contribution in [0.1, 0.15) is 71.6 Å². The van der Waals surface area contributed by atoms with E-state index >= 15 is 0 Å². The zero-order chi connectivity index (χ0) is 21.8. The molecular formula is C25H36N2O3S. The zero-order valence-electron chi connectivity index (χ0n) is 18.9. The predicted molar refractivity (Wildman–Crippen MR) is 124 cm³/mol. The van der Waals surface area contributed by atoms with Crippen molar-refractivity contribution in [3.8, 4) is 0 Å². The van der Waals surface area contributed by atoms with Gasteiger partial charge in [-0.3, -0.25) is 14.6 Å². The highest BCUT2D eigenvalue weighted by molar-refractivity contribution is 8.13. The van der Waals surface area contributed by atoms with Crippen LogP contribution in [-0.2, 0) is 9.59 Å². The molecule has 0 spiro atoms. The number of ketones is 2. The van der Waals surface area contributed by atoms with Crippen LogP contribution < -0.4 is 0 Å². The highest BCUT2D eigenvalue weighted by atomic mass is 32.2. The molecule has 1 N–H and O–H groups in total. The summed E-state index contributed by atoms with van der Waals surface area (Å²) in [5.41, 5.74) is -0.109. The molecule has 0 amide bonds. The highest BCUT2D eigenvalue weighted by Crippen LogP contribution is 2.66. The average molecular weight is 445 g/mol. The average Bonchev–Trinajstić information content (AvgIpc) is 3.09. The quantitative estimate of drug-likeness (QED) is 0.703. The van der Waals surface area contributed by atoms with Crippen molar-refractivity contribution in [1.29, 1.82) is 0 Å². The van der Waals surface area contributed by atoms with Gasteiger partial charge < -0.3 is 5.11 Å². The first-order chi connectivity index (χ1) is 14.8. The number of hydrogen-bond acceptors (Lipinski definition) is 6. The van der Waals surface area contributed by atoms with Crippen molar-refractivity contribution in [3.63, 3.8) is 0 Å². The number of aliphatic hydroxyl groups is 1. The maximum Gasteiger partial charge on any atom is 0.182 e. The molecular weight excluding hydrogens is 408 g/mol. The Hall–Kier alpha value is -1.01. The van der Waals surface area contributed by atoms with E-state index in [-0.39, 0.29) is 22.7 Å². The molecule has 8 atom stereocenters. The lowest BCUT2D eigenvalue weighted by Gasteiger charge is -2.59. The first-order valence-corrected chi connectivity index (χ1v) is 13.2. The second-order valence-electron chi connectivity index (χ2n) is 11.2. The molecule has 5 rings (SSSR count). The van der Waals surface area contributed by atoms with Gasteiger partial charge in [0.25, 0.3) is 0 Å². The molecule has 4 aliphatic carbocycles. The number of aliphatic imine (C=N–C) groups is 2. The van der Waals surface area contributed by atoms with Gasteiger partial charge in [-0.1, -0.05) is 25.6 Å². The van der Waals surface area contributed by atoms with E-state index in [0.717, 1.165) is 50.2 Å². The lowest BCUT2D eigenvalue weighted by atomic mass is 9.44. The number of aliphatic hydroxyl groups excluding tert-OH is 1. The van der Waals surface area contributed by atoms with Crippen molar-refractivity contribution in [3.05, 3.63) is 0 Å².